The summed E-state index contributed by atoms with van der Waals surface area (Å²) in [5.74, 6) is 1.10. The molecule has 2 fully saturated rings. The molecule has 2 aliphatic heterocycles. The van der Waals surface area contributed by atoms with E-state index < -0.39 is 0 Å². The Kier molecular flexibility index (Phi) is 6.51. The smallest absolute Gasteiger partial charge is 0.226 e. The molecule has 2 aromatic heterocycles. The molecule has 0 bridgehead atoms. The molecule has 1 atom stereocenters. The first kappa shape index (κ1) is 21.7. The van der Waals surface area contributed by atoms with E-state index in [2.05, 4.69) is 33.6 Å². The lowest BCUT2D eigenvalue weighted by molar-refractivity contribution is -0.138. The molecule has 0 saturated carbocycles. The Hall–Kier alpha value is -2.54. The van der Waals surface area contributed by atoms with Crippen LogP contribution >= 0.6 is 0 Å². The second-order valence-corrected chi connectivity index (χ2v) is 9.19. The van der Waals surface area contributed by atoms with Crippen molar-refractivity contribution in [3.8, 4) is 11.1 Å². The molecular weight excluding hydrogens is 388 g/mol. The predicted molar refractivity (Wildman–Crippen MR) is 123 cm³/mol. The summed E-state index contributed by atoms with van der Waals surface area (Å²) in [6, 6.07) is 4.52. The van der Waals surface area contributed by atoms with Gasteiger partial charge in [-0.15, -0.1) is 0 Å². The molecule has 7 nitrogen and oxygen atoms in total. The van der Waals surface area contributed by atoms with Gasteiger partial charge in [-0.05, 0) is 70.3 Å². The number of nitrogens with zero attached hydrogens (tertiary/aromatic N) is 6. The highest BCUT2D eigenvalue weighted by Crippen LogP contribution is 2.38. The predicted octanol–water partition coefficient (Wildman–Crippen LogP) is 3.39. The fourth-order valence-corrected chi connectivity index (χ4v) is 4.82. The molecule has 2 saturated heterocycles. The molecule has 0 N–H and O–H groups in total. The Morgan fingerprint density at radius 2 is 1.81 bits per heavy atom. The topological polar surface area (TPSA) is 65.5 Å². The van der Waals surface area contributed by atoms with Gasteiger partial charge in [0.25, 0.3) is 0 Å². The average Bonchev–Trinajstić information content (AvgIpc) is 3.28. The van der Waals surface area contributed by atoms with Gasteiger partial charge in [0.05, 0.1) is 11.7 Å². The van der Waals surface area contributed by atoms with E-state index in [4.69, 9.17) is 4.98 Å². The van der Waals surface area contributed by atoms with E-state index in [0.29, 0.717) is 17.9 Å². The van der Waals surface area contributed by atoms with Crippen LogP contribution < -0.4 is 4.90 Å². The Bertz CT molecular complexity index is 892. The number of amides is 1. The molecule has 31 heavy (non-hydrogen) atoms. The van der Waals surface area contributed by atoms with Crippen LogP contribution in [0.2, 0.25) is 0 Å². The van der Waals surface area contributed by atoms with Crippen molar-refractivity contribution in [2.45, 2.75) is 51.6 Å². The van der Waals surface area contributed by atoms with Crippen LogP contribution in [0.25, 0.3) is 11.1 Å². The molecule has 0 unspecified atom stereocenters. The minimum absolute atomic E-state index is 0.000457. The molecular formula is C24H34N6O. The van der Waals surface area contributed by atoms with Gasteiger partial charge >= 0.3 is 0 Å². The zero-order chi connectivity index (χ0) is 22.0. The molecule has 0 spiro atoms. The number of hydrogen-bond donors (Lipinski definition) is 0. The number of hydrogen-bond acceptors (Lipinski definition) is 6. The third-order valence-corrected chi connectivity index (χ3v) is 6.66. The van der Waals surface area contributed by atoms with E-state index in [1.54, 1.807) is 12.4 Å². The number of anilines is 1. The van der Waals surface area contributed by atoms with E-state index in [0.717, 1.165) is 62.1 Å². The van der Waals surface area contributed by atoms with Crippen LogP contribution in [0.5, 0.6) is 0 Å². The summed E-state index contributed by atoms with van der Waals surface area (Å²) in [6.07, 6.45) is 9.33. The van der Waals surface area contributed by atoms with Gasteiger partial charge in [-0.3, -0.25) is 9.78 Å². The molecule has 0 aromatic carbocycles. The number of carbonyl (C=O) groups is 1. The lowest BCUT2D eigenvalue weighted by atomic mass is 9.93. The summed E-state index contributed by atoms with van der Waals surface area (Å²) in [7, 11) is 3.90. The SMILES string of the molecule is CC(C)N1CCC(C(=O)N2CCC[C@@H]2c2nc(N(C)C)ncc2-c2ccncc2)CC1. The van der Waals surface area contributed by atoms with Crippen LogP contribution in [0.15, 0.2) is 30.7 Å². The van der Waals surface area contributed by atoms with Crippen LogP contribution in [0, 0.1) is 5.92 Å². The van der Waals surface area contributed by atoms with E-state index in [1.165, 1.54) is 0 Å². The molecule has 7 heteroatoms. The zero-order valence-corrected chi connectivity index (χ0v) is 19.2. The van der Waals surface area contributed by atoms with E-state index >= 15 is 0 Å². The zero-order valence-electron chi connectivity index (χ0n) is 19.2. The van der Waals surface area contributed by atoms with Crippen molar-refractivity contribution in [1.29, 1.82) is 0 Å². The summed E-state index contributed by atoms with van der Waals surface area (Å²) in [6.45, 7) is 7.29. The molecule has 4 heterocycles. The summed E-state index contributed by atoms with van der Waals surface area (Å²) in [4.78, 5) is 33.7. The largest absolute Gasteiger partial charge is 0.347 e. The highest BCUT2D eigenvalue weighted by molar-refractivity contribution is 5.80. The molecule has 2 aromatic rings. The quantitative estimate of drug-likeness (QED) is 0.736. The molecule has 2 aliphatic rings. The summed E-state index contributed by atoms with van der Waals surface area (Å²) < 4.78 is 0. The average molecular weight is 423 g/mol. The number of rotatable bonds is 5. The Morgan fingerprint density at radius 1 is 1.10 bits per heavy atom. The van der Waals surface area contributed by atoms with Gasteiger partial charge in [0.1, 0.15) is 0 Å². The van der Waals surface area contributed by atoms with Crippen molar-refractivity contribution in [2.75, 3.05) is 38.6 Å². The summed E-state index contributed by atoms with van der Waals surface area (Å²) >= 11 is 0. The maximum Gasteiger partial charge on any atom is 0.226 e. The van der Waals surface area contributed by atoms with Gasteiger partial charge < -0.3 is 14.7 Å². The number of carbonyl (C=O) groups excluding carboxylic acids is 1. The highest BCUT2D eigenvalue weighted by atomic mass is 16.2. The van der Waals surface area contributed by atoms with Gasteiger partial charge in [-0.2, -0.15) is 0 Å². The lowest BCUT2D eigenvalue weighted by Gasteiger charge is -2.36. The van der Waals surface area contributed by atoms with Gasteiger partial charge in [-0.1, -0.05) is 0 Å². The molecule has 1 amide bonds. The fourth-order valence-electron chi connectivity index (χ4n) is 4.82. The number of pyridine rings is 1. The second kappa shape index (κ2) is 9.30. The molecule has 0 aliphatic carbocycles. The molecule has 0 radical (unpaired) electrons. The molecule has 166 valence electrons. The first-order valence-corrected chi connectivity index (χ1v) is 11.4. The standard InChI is InChI=1S/C24H34N6O/c1-17(2)29-14-9-19(10-15-29)23(31)30-13-5-6-21(30)22-20(18-7-11-25-12-8-18)16-26-24(27-22)28(3)4/h7-8,11-12,16-17,19,21H,5-6,9-10,13-15H2,1-4H3/t21-/m1/s1. The van der Waals surface area contributed by atoms with E-state index in [-0.39, 0.29) is 12.0 Å². The third kappa shape index (κ3) is 4.56. The van der Waals surface area contributed by atoms with Crippen molar-refractivity contribution in [1.82, 2.24) is 24.8 Å². The van der Waals surface area contributed by atoms with E-state index in [9.17, 15) is 4.79 Å². The van der Waals surface area contributed by atoms with Gasteiger partial charge in [-0.25, -0.2) is 9.97 Å². The maximum atomic E-state index is 13.6. The van der Waals surface area contributed by atoms with Crippen molar-refractivity contribution in [3.05, 3.63) is 36.4 Å². The molecule has 4 rings (SSSR count). The van der Waals surface area contributed by atoms with Crippen molar-refractivity contribution < 1.29 is 4.79 Å². The minimum Gasteiger partial charge on any atom is -0.347 e. The lowest BCUT2D eigenvalue weighted by Crippen LogP contribution is -2.44. The van der Waals surface area contributed by atoms with Crippen molar-refractivity contribution in [3.63, 3.8) is 0 Å². The van der Waals surface area contributed by atoms with Crippen LogP contribution in [-0.4, -0.2) is 70.4 Å². The van der Waals surface area contributed by atoms with Crippen LogP contribution in [-0.2, 0) is 4.79 Å². The van der Waals surface area contributed by atoms with Crippen LogP contribution in [0.1, 0.15) is 51.3 Å². The Morgan fingerprint density at radius 3 is 2.45 bits per heavy atom. The first-order valence-electron chi connectivity index (χ1n) is 11.4. The first-order chi connectivity index (χ1) is 15.0. The Labute approximate surface area is 185 Å². The Balaban J connectivity index is 1.62. The van der Waals surface area contributed by atoms with Crippen molar-refractivity contribution >= 4 is 11.9 Å². The van der Waals surface area contributed by atoms with Crippen molar-refractivity contribution in [2.24, 2.45) is 5.92 Å². The van der Waals surface area contributed by atoms with E-state index in [1.807, 2.05) is 37.3 Å². The van der Waals surface area contributed by atoms with Crippen LogP contribution in [0.3, 0.4) is 0 Å². The fraction of sp³-hybridized carbons (Fsp3) is 0.583. The van der Waals surface area contributed by atoms with Gasteiger partial charge in [0.15, 0.2) is 0 Å². The van der Waals surface area contributed by atoms with Gasteiger partial charge in [0, 0.05) is 56.8 Å². The monoisotopic (exact) mass is 422 g/mol. The second-order valence-electron chi connectivity index (χ2n) is 9.19. The minimum atomic E-state index is 0.000457. The number of aromatic nitrogens is 3. The third-order valence-electron chi connectivity index (χ3n) is 6.66. The summed E-state index contributed by atoms with van der Waals surface area (Å²) in [5.41, 5.74) is 2.99. The van der Waals surface area contributed by atoms with Gasteiger partial charge in [0.2, 0.25) is 11.9 Å². The number of likely N-dealkylation sites (tertiary alicyclic amines) is 2. The summed E-state index contributed by atoms with van der Waals surface area (Å²) in [5, 5.41) is 0. The number of piperidine rings is 1. The van der Waals surface area contributed by atoms with Crippen LogP contribution in [0.4, 0.5) is 5.95 Å². The normalized spacial score (nSPS) is 20.4. The highest BCUT2D eigenvalue weighted by Gasteiger charge is 2.37. The maximum absolute atomic E-state index is 13.6.